The number of ether oxygens (including phenoxy) is 1. The maximum atomic E-state index is 15.0. The normalized spacial score (nSPS) is 26.6. The lowest BCUT2D eigenvalue weighted by Crippen LogP contribution is -2.56. The molecular formula is C34H40F2N6O3. The molecule has 0 bridgehead atoms. The Bertz CT molecular complexity index is 1520. The average molecular weight is 619 g/mol. The first-order valence-corrected chi connectivity index (χ1v) is 15.6. The number of likely N-dealkylation sites (tertiary alicyclic amines) is 1. The van der Waals surface area contributed by atoms with Gasteiger partial charge in [-0.2, -0.15) is 0 Å². The number of pyridine rings is 1. The number of nitrogens with one attached hydrogen (secondary N) is 4. The van der Waals surface area contributed by atoms with E-state index in [0.717, 1.165) is 25.0 Å². The molecule has 45 heavy (non-hydrogen) atoms. The molecule has 4 unspecified atom stereocenters. The van der Waals surface area contributed by atoms with Crippen LogP contribution in [-0.4, -0.2) is 53.5 Å². The summed E-state index contributed by atoms with van der Waals surface area (Å²) in [5.74, 6) is -0.521. The molecule has 3 aromatic rings. The zero-order valence-electron chi connectivity index (χ0n) is 25.6. The molecule has 3 heterocycles. The summed E-state index contributed by atoms with van der Waals surface area (Å²) in [6.45, 7) is 2.47. The van der Waals surface area contributed by atoms with E-state index in [0.29, 0.717) is 42.4 Å². The Morgan fingerprint density at radius 3 is 2.62 bits per heavy atom. The molecule has 2 aromatic carbocycles. The monoisotopic (exact) mass is 618 g/mol. The smallest absolute Gasteiger partial charge is 0.241 e. The number of methoxy groups -OCH3 is 1. The fourth-order valence-electron chi connectivity index (χ4n) is 7.18. The number of piperidine rings is 1. The standard InChI is InChI=1S/C34H40F2N6O3/c1-20-16-21(14-15-37-20)32-26-17-22(6-12-29(26)40-41-32)33(43)39-25-11-13-30(34(44)38-24-9-7-23(35)8-10-24)42(18-25)19-27-28(36)4-3-5-31(27)45-2/h3-5,7-10,14-16,22,25-26,29-30,32,40-41H,6,11-13,17-19H2,1-2H3,(H,38,44)(H,39,43)/t22?,25-,26?,29?,30+,32?/m1/s1. The Hall–Kier alpha value is -3.93. The van der Waals surface area contributed by atoms with E-state index in [9.17, 15) is 14.0 Å². The van der Waals surface area contributed by atoms with E-state index in [-0.39, 0.29) is 42.3 Å². The Kier molecular flexibility index (Phi) is 9.39. The second-order valence-corrected chi connectivity index (χ2v) is 12.4. The minimum absolute atomic E-state index is 0.0210. The zero-order valence-corrected chi connectivity index (χ0v) is 25.6. The molecule has 9 nitrogen and oxygen atoms in total. The second-order valence-electron chi connectivity index (χ2n) is 12.4. The maximum absolute atomic E-state index is 15.0. The largest absolute Gasteiger partial charge is 0.496 e. The number of carbonyl (C=O) groups is 2. The molecule has 0 radical (unpaired) electrons. The highest BCUT2D eigenvalue weighted by atomic mass is 19.1. The SMILES string of the molecule is COc1cccc(F)c1CN1C[C@H](NC(=O)C2CCC3NNC(c4ccnc(C)c4)C3C2)CC[C@H]1C(=O)Nc1ccc(F)cc1. The number of aromatic nitrogens is 1. The molecule has 238 valence electrons. The summed E-state index contributed by atoms with van der Waals surface area (Å²) >= 11 is 0. The third-order valence-corrected chi connectivity index (χ3v) is 9.50. The van der Waals surface area contributed by atoms with Crippen LogP contribution in [0.1, 0.15) is 55.0 Å². The van der Waals surface area contributed by atoms with E-state index >= 15 is 4.39 Å². The van der Waals surface area contributed by atoms with Crippen LogP contribution >= 0.6 is 0 Å². The molecule has 4 N–H and O–H groups in total. The molecule has 3 aliphatic rings. The number of amides is 2. The molecule has 1 aromatic heterocycles. The van der Waals surface area contributed by atoms with E-state index in [2.05, 4.69) is 32.5 Å². The van der Waals surface area contributed by atoms with Crippen molar-refractivity contribution >= 4 is 17.5 Å². The van der Waals surface area contributed by atoms with E-state index in [4.69, 9.17) is 4.74 Å². The topological polar surface area (TPSA) is 108 Å². The van der Waals surface area contributed by atoms with Gasteiger partial charge in [-0.1, -0.05) is 6.07 Å². The molecule has 2 aliphatic heterocycles. The lowest BCUT2D eigenvalue weighted by Gasteiger charge is -2.40. The van der Waals surface area contributed by atoms with Gasteiger partial charge in [0.2, 0.25) is 11.8 Å². The van der Waals surface area contributed by atoms with Gasteiger partial charge in [0.05, 0.1) is 19.2 Å². The van der Waals surface area contributed by atoms with E-state index in [1.54, 1.807) is 12.1 Å². The molecular weight excluding hydrogens is 578 g/mol. The van der Waals surface area contributed by atoms with Crippen LogP contribution in [0.2, 0.25) is 0 Å². The summed E-state index contributed by atoms with van der Waals surface area (Å²) < 4.78 is 33.9. The second kappa shape index (κ2) is 13.6. The van der Waals surface area contributed by atoms with Crippen LogP contribution < -0.4 is 26.2 Å². The predicted molar refractivity (Wildman–Crippen MR) is 166 cm³/mol. The Morgan fingerprint density at radius 2 is 1.84 bits per heavy atom. The van der Waals surface area contributed by atoms with Crippen LogP contribution in [0.25, 0.3) is 0 Å². The van der Waals surface area contributed by atoms with Gasteiger partial charge in [0.25, 0.3) is 0 Å². The zero-order chi connectivity index (χ0) is 31.5. The highest BCUT2D eigenvalue weighted by Gasteiger charge is 2.43. The van der Waals surface area contributed by atoms with Crippen LogP contribution in [0.5, 0.6) is 5.75 Å². The summed E-state index contributed by atoms with van der Waals surface area (Å²) in [5.41, 5.74) is 9.84. The van der Waals surface area contributed by atoms with Gasteiger partial charge in [0, 0.05) is 54.2 Å². The Morgan fingerprint density at radius 1 is 1.02 bits per heavy atom. The molecule has 3 fully saturated rings. The van der Waals surface area contributed by atoms with Crippen molar-refractivity contribution in [3.63, 3.8) is 0 Å². The molecule has 2 saturated heterocycles. The number of rotatable bonds is 8. The van der Waals surface area contributed by atoms with Crippen molar-refractivity contribution in [2.45, 2.75) is 69.7 Å². The number of hydrogen-bond donors (Lipinski definition) is 4. The lowest BCUT2D eigenvalue weighted by molar-refractivity contribution is -0.128. The fourth-order valence-corrected chi connectivity index (χ4v) is 7.18. The van der Waals surface area contributed by atoms with Crippen molar-refractivity contribution in [2.24, 2.45) is 11.8 Å². The molecule has 1 aliphatic carbocycles. The summed E-state index contributed by atoms with van der Waals surface area (Å²) in [6.07, 6.45) is 5.32. The van der Waals surface area contributed by atoms with Crippen molar-refractivity contribution in [3.05, 3.63) is 89.2 Å². The van der Waals surface area contributed by atoms with Crippen molar-refractivity contribution in [2.75, 3.05) is 19.0 Å². The number of benzene rings is 2. The van der Waals surface area contributed by atoms with Gasteiger partial charge < -0.3 is 15.4 Å². The molecule has 0 spiro atoms. The summed E-state index contributed by atoms with van der Waals surface area (Å²) in [6, 6.07) is 14.0. The first-order valence-electron chi connectivity index (χ1n) is 15.6. The van der Waals surface area contributed by atoms with Gasteiger partial charge >= 0.3 is 0 Å². The van der Waals surface area contributed by atoms with Gasteiger partial charge in [-0.05, 0) is 99.0 Å². The van der Waals surface area contributed by atoms with Crippen molar-refractivity contribution < 1.29 is 23.1 Å². The third kappa shape index (κ3) is 7.00. The first kappa shape index (κ1) is 31.1. The Balaban J connectivity index is 1.15. The van der Waals surface area contributed by atoms with Gasteiger partial charge in [0.15, 0.2) is 0 Å². The lowest BCUT2D eigenvalue weighted by atomic mass is 9.74. The number of nitrogens with zero attached hydrogens (tertiary/aromatic N) is 2. The van der Waals surface area contributed by atoms with E-state index < -0.39 is 17.7 Å². The molecule has 11 heteroatoms. The van der Waals surface area contributed by atoms with Gasteiger partial charge in [0.1, 0.15) is 17.4 Å². The van der Waals surface area contributed by atoms with E-state index in [1.165, 1.54) is 43.0 Å². The number of fused-ring (bicyclic) bond motifs is 1. The van der Waals surface area contributed by atoms with Crippen LogP contribution in [0.3, 0.4) is 0 Å². The van der Waals surface area contributed by atoms with Crippen LogP contribution in [0.15, 0.2) is 60.8 Å². The fraction of sp³-hybridized carbons (Fsp3) is 0.441. The summed E-state index contributed by atoms with van der Waals surface area (Å²) in [5, 5.41) is 6.15. The Labute approximate surface area is 262 Å². The van der Waals surface area contributed by atoms with Crippen LogP contribution in [0.4, 0.5) is 14.5 Å². The van der Waals surface area contributed by atoms with Gasteiger partial charge in [-0.3, -0.25) is 24.9 Å². The number of carbonyl (C=O) groups excluding carboxylic acids is 2. The number of anilines is 1. The van der Waals surface area contributed by atoms with Gasteiger partial charge in [-0.15, -0.1) is 0 Å². The first-order chi connectivity index (χ1) is 21.8. The molecule has 6 rings (SSSR count). The van der Waals surface area contributed by atoms with Gasteiger partial charge in [-0.25, -0.2) is 14.2 Å². The number of hydrogen-bond acceptors (Lipinski definition) is 7. The van der Waals surface area contributed by atoms with Crippen molar-refractivity contribution in [3.8, 4) is 5.75 Å². The quantitative estimate of drug-likeness (QED) is 0.297. The third-order valence-electron chi connectivity index (χ3n) is 9.50. The van der Waals surface area contributed by atoms with Crippen LogP contribution in [0, 0.1) is 30.4 Å². The molecule has 1 saturated carbocycles. The number of hydrazine groups is 1. The number of halogens is 2. The molecule has 2 amide bonds. The summed E-state index contributed by atoms with van der Waals surface area (Å²) in [7, 11) is 1.49. The van der Waals surface area contributed by atoms with Crippen molar-refractivity contribution in [1.82, 2.24) is 26.1 Å². The highest BCUT2D eigenvalue weighted by Crippen LogP contribution is 2.40. The maximum Gasteiger partial charge on any atom is 0.241 e. The van der Waals surface area contributed by atoms with Crippen molar-refractivity contribution in [1.29, 1.82) is 0 Å². The van der Waals surface area contributed by atoms with E-state index in [1.807, 2.05) is 24.1 Å². The molecule has 6 atom stereocenters. The number of aryl methyl sites for hydroxylation is 1. The van der Waals surface area contributed by atoms with Crippen LogP contribution in [-0.2, 0) is 16.1 Å². The summed E-state index contributed by atoms with van der Waals surface area (Å²) in [4.78, 5) is 33.4. The minimum atomic E-state index is -0.580. The predicted octanol–water partition coefficient (Wildman–Crippen LogP) is 4.40. The minimum Gasteiger partial charge on any atom is -0.496 e. The highest BCUT2D eigenvalue weighted by molar-refractivity contribution is 5.95. The average Bonchev–Trinajstić information content (AvgIpc) is 3.47.